The quantitative estimate of drug-likeness (QED) is 0.136. The molecule has 1 aromatic rings. The fraction of sp³-hybridized carbons (Fsp3) is 0.667. The Morgan fingerprint density at radius 3 is 1.95 bits per heavy atom. The van der Waals surface area contributed by atoms with Gasteiger partial charge in [-0.2, -0.15) is 0 Å². The minimum absolute atomic E-state index is 0.0284. The first-order chi connectivity index (χ1) is 18.4. The third-order valence-corrected chi connectivity index (χ3v) is 6.59. The molecule has 0 bridgehead atoms. The van der Waals surface area contributed by atoms with E-state index in [0.717, 1.165) is 25.7 Å². The van der Waals surface area contributed by atoms with Crippen LogP contribution in [0.25, 0.3) is 0 Å². The minimum atomic E-state index is -1.76. The number of nitrogens with two attached hydrogens (primary N) is 1. The maximum atomic E-state index is 12.7. The molecule has 39 heavy (non-hydrogen) atoms. The molecular weight excluding hydrogens is 502 g/mol. The first-order valence-electron chi connectivity index (χ1n) is 14.1. The van der Waals surface area contributed by atoms with Crippen molar-refractivity contribution in [3.05, 3.63) is 23.8 Å². The highest BCUT2D eigenvalue weighted by molar-refractivity contribution is 5.80. The van der Waals surface area contributed by atoms with Crippen molar-refractivity contribution in [3.63, 3.8) is 0 Å². The van der Waals surface area contributed by atoms with Crippen LogP contribution in [0.5, 0.6) is 11.5 Å². The third kappa shape index (κ3) is 11.8. The van der Waals surface area contributed by atoms with Crippen molar-refractivity contribution >= 4 is 23.9 Å². The first-order valence-corrected chi connectivity index (χ1v) is 14.1. The van der Waals surface area contributed by atoms with E-state index >= 15 is 0 Å². The molecule has 0 heterocycles. The number of carbonyl (C=O) groups is 4. The lowest BCUT2D eigenvalue weighted by Crippen LogP contribution is -2.52. The predicted octanol–water partition coefficient (Wildman–Crippen LogP) is 5.60. The molecule has 0 radical (unpaired) electrons. The van der Waals surface area contributed by atoms with Gasteiger partial charge in [0.05, 0.1) is 11.8 Å². The largest absolute Gasteiger partial charge is 0.480 e. The molecule has 4 atom stereocenters. The Morgan fingerprint density at radius 2 is 1.44 bits per heavy atom. The van der Waals surface area contributed by atoms with E-state index < -0.39 is 29.6 Å². The van der Waals surface area contributed by atoms with E-state index in [9.17, 15) is 24.3 Å². The van der Waals surface area contributed by atoms with Crippen molar-refractivity contribution in [1.82, 2.24) is 0 Å². The predicted molar refractivity (Wildman–Crippen MR) is 148 cm³/mol. The van der Waals surface area contributed by atoms with E-state index in [0.29, 0.717) is 24.8 Å². The Balaban J connectivity index is 3.18. The van der Waals surface area contributed by atoms with Gasteiger partial charge in [0.25, 0.3) is 0 Å². The van der Waals surface area contributed by atoms with E-state index in [1.165, 1.54) is 12.1 Å². The standard InChI is InChI=1S/C30H47NO8/c1-7-10-11-14-26(32)37-22(6)18-30(31,29(35)36)19-23-15-16-24(38-27(33)20(4)12-8-2)25(17-23)39-28(34)21(5)13-9-3/h15-17,20-22H,7-14,18-19,31H2,1-6H3,(H,35,36)/t20?,21?,22-,30?/m0/s1. The molecule has 9 nitrogen and oxygen atoms in total. The SMILES string of the molecule is CCCCCC(=O)O[C@@H](C)CC(N)(Cc1ccc(OC(=O)C(C)CCC)c(OC(=O)C(C)CCC)c1)C(=O)O. The molecule has 1 rings (SSSR count). The fourth-order valence-corrected chi connectivity index (χ4v) is 4.30. The fourth-order valence-electron chi connectivity index (χ4n) is 4.30. The number of ether oxygens (including phenoxy) is 3. The van der Waals surface area contributed by atoms with Crippen molar-refractivity contribution in [1.29, 1.82) is 0 Å². The van der Waals surface area contributed by atoms with Crippen LogP contribution in [0.4, 0.5) is 0 Å². The lowest BCUT2D eigenvalue weighted by atomic mass is 9.86. The van der Waals surface area contributed by atoms with E-state index in [-0.39, 0.29) is 48.6 Å². The highest BCUT2D eigenvalue weighted by Crippen LogP contribution is 2.32. The molecule has 3 unspecified atom stereocenters. The topological polar surface area (TPSA) is 142 Å². The van der Waals surface area contributed by atoms with Crippen LogP contribution in [-0.2, 0) is 30.3 Å². The van der Waals surface area contributed by atoms with Gasteiger partial charge in [0, 0.05) is 19.3 Å². The van der Waals surface area contributed by atoms with Gasteiger partial charge in [0.2, 0.25) is 0 Å². The average molecular weight is 550 g/mol. The molecule has 1 aromatic carbocycles. The van der Waals surface area contributed by atoms with Crippen molar-refractivity contribution in [2.75, 3.05) is 0 Å². The highest BCUT2D eigenvalue weighted by atomic mass is 16.6. The van der Waals surface area contributed by atoms with Gasteiger partial charge in [-0.3, -0.25) is 19.2 Å². The number of hydrogen-bond donors (Lipinski definition) is 2. The van der Waals surface area contributed by atoms with Gasteiger partial charge in [-0.25, -0.2) is 0 Å². The summed E-state index contributed by atoms with van der Waals surface area (Å²) in [5, 5.41) is 9.96. The van der Waals surface area contributed by atoms with Crippen molar-refractivity contribution in [2.45, 2.75) is 117 Å². The Bertz CT molecular complexity index is 962. The van der Waals surface area contributed by atoms with Crippen molar-refractivity contribution in [2.24, 2.45) is 17.6 Å². The molecular formula is C30H47NO8. The van der Waals surface area contributed by atoms with Crippen LogP contribution >= 0.6 is 0 Å². The van der Waals surface area contributed by atoms with Gasteiger partial charge in [-0.05, 0) is 43.9 Å². The van der Waals surface area contributed by atoms with Crippen molar-refractivity contribution in [3.8, 4) is 11.5 Å². The number of carbonyl (C=O) groups excluding carboxylic acids is 3. The van der Waals surface area contributed by atoms with Crippen LogP contribution in [0.15, 0.2) is 18.2 Å². The smallest absolute Gasteiger partial charge is 0.324 e. The van der Waals surface area contributed by atoms with Crippen LogP contribution < -0.4 is 15.2 Å². The van der Waals surface area contributed by atoms with Gasteiger partial charge in [0.1, 0.15) is 11.6 Å². The molecule has 0 saturated heterocycles. The maximum Gasteiger partial charge on any atom is 0.324 e. The summed E-state index contributed by atoms with van der Waals surface area (Å²) in [6, 6.07) is 4.56. The Morgan fingerprint density at radius 1 is 0.872 bits per heavy atom. The summed E-state index contributed by atoms with van der Waals surface area (Å²) in [5.74, 6) is -3.17. The van der Waals surface area contributed by atoms with Crippen LogP contribution in [0.2, 0.25) is 0 Å². The average Bonchev–Trinajstić information content (AvgIpc) is 2.85. The van der Waals surface area contributed by atoms with E-state index in [2.05, 4.69) is 0 Å². The van der Waals surface area contributed by atoms with Gasteiger partial charge >= 0.3 is 23.9 Å². The Labute approximate surface area is 232 Å². The molecule has 220 valence electrons. The highest BCUT2D eigenvalue weighted by Gasteiger charge is 2.37. The van der Waals surface area contributed by atoms with Gasteiger partial charge in [-0.15, -0.1) is 0 Å². The Kier molecular flexibility index (Phi) is 14.8. The molecule has 0 amide bonds. The second kappa shape index (κ2) is 16.9. The summed E-state index contributed by atoms with van der Waals surface area (Å²) in [4.78, 5) is 49.6. The lowest BCUT2D eigenvalue weighted by molar-refractivity contribution is -0.153. The number of hydrogen-bond acceptors (Lipinski definition) is 8. The van der Waals surface area contributed by atoms with Crippen molar-refractivity contribution < 1.29 is 38.5 Å². The van der Waals surface area contributed by atoms with Crippen LogP contribution in [0, 0.1) is 11.8 Å². The number of benzene rings is 1. The number of carboxylic acid groups (broad SMARTS) is 1. The summed E-state index contributed by atoms with van der Waals surface area (Å²) in [6.45, 7) is 11.1. The van der Waals surface area contributed by atoms with Gasteiger partial charge in [-0.1, -0.05) is 66.4 Å². The number of rotatable bonds is 18. The summed E-state index contributed by atoms with van der Waals surface area (Å²) in [5.41, 5.74) is 5.03. The number of esters is 3. The molecule has 0 spiro atoms. The molecule has 0 aromatic heterocycles. The summed E-state index contributed by atoms with van der Waals surface area (Å²) in [6.07, 6.45) is 4.78. The molecule has 0 aliphatic heterocycles. The number of carboxylic acids is 1. The molecule has 9 heteroatoms. The summed E-state index contributed by atoms with van der Waals surface area (Å²) >= 11 is 0. The van der Waals surface area contributed by atoms with E-state index in [1.54, 1.807) is 26.8 Å². The van der Waals surface area contributed by atoms with Gasteiger partial charge < -0.3 is 25.1 Å². The summed E-state index contributed by atoms with van der Waals surface area (Å²) in [7, 11) is 0. The number of aliphatic carboxylic acids is 1. The van der Waals surface area contributed by atoms with Gasteiger partial charge in [0.15, 0.2) is 11.5 Å². The van der Waals surface area contributed by atoms with E-state index in [4.69, 9.17) is 19.9 Å². The Hall–Kier alpha value is -2.94. The zero-order valence-electron chi connectivity index (χ0n) is 24.4. The van der Waals surface area contributed by atoms with Crippen LogP contribution in [-0.4, -0.2) is 40.6 Å². The monoisotopic (exact) mass is 549 g/mol. The number of unbranched alkanes of at least 4 members (excludes halogenated alkanes) is 2. The zero-order chi connectivity index (χ0) is 29.6. The molecule has 3 N–H and O–H groups in total. The summed E-state index contributed by atoms with van der Waals surface area (Å²) < 4.78 is 16.6. The normalized spacial score (nSPS) is 14.9. The first kappa shape index (κ1) is 34.1. The zero-order valence-corrected chi connectivity index (χ0v) is 24.4. The maximum absolute atomic E-state index is 12.7. The van der Waals surface area contributed by atoms with Crippen LogP contribution in [0.3, 0.4) is 0 Å². The minimum Gasteiger partial charge on any atom is -0.480 e. The van der Waals surface area contributed by atoms with E-state index in [1.807, 2.05) is 20.8 Å². The molecule has 0 aliphatic carbocycles. The van der Waals surface area contributed by atoms with Crippen LogP contribution in [0.1, 0.15) is 105 Å². The lowest BCUT2D eigenvalue weighted by Gasteiger charge is -2.28. The molecule has 0 saturated carbocycles. The third-order valence-electron chi connectivity index (χ3n) is 6.59. The molecule has 0 aliphatic rings. The second-order valence-corrected chi connectivity index (χ2v) is 10.6. The molecule has 0 fully saturated rings. The second-order valence-electron chi connectivity index (χ2n) is 10.6.